The summed E-state index contributed by atoms with van der Waals surface area (Å²) in [6.07, 6.45) is 0. The van der Waals surface area contributed by atoms with Crippen LogP contribution >= 0.6 is 11.6 Å². The summed E-state index contributed by atoms with van der Waals surface area (Å²) in [6.45, 7) is 1.91. The Morgan fingerprint density at radius 3 is 2.45 bits per heavy atom. The predicted molar refractivity (Wildman–Crippen MR) is 82.6 cm³/mol. The first-order chi connectivity index (χ1) is 9.66. The van der Waals surface area contributed by atoms with E-state index in [0.29, 0.717) is 10.5 Å². The summed E-state index contributed by atoms with van der Waals surface area (Å²) in [5, 5.41) is 0.600. The maximum absolute atomic E-state index is 6.21. The molecule has 0 bridgehead atoms. The molecule has 0 aliphatic rings. The fraction of sp³-hybridized carbons (Fsp3) is 0.125. The Labute approximate surface area is 122 Å². The highest BCUT2D eigenvalue weighted by Crippen LogP contribution is 2.29. The number of aromatic nitrogens is 2. The number of fused-ring (bicyclic) bond motifs is 1. The van der Waals surface area contributed by atoms with Crippen LogP contribution in [0.25, 0.3) is 22.3 Å². The molecular weight excluding hydrogens is 270 g/mol. The number of hydrogen-bond acceptors (Lipinski definition) is 3. The lowest BCUT2D eigenvalue weighted by Crippen LogP contribution is -2.11. The molecule has 1 heterocycles. The second-order valence-corrected chi connectivity index (χ2v) is 5.13. The van der Waals surface area contributed by atoms with E-state index in [1.807, 2.05) is 55.5 Å². The van der Waals surface area contributed by atoms with Crippen molar-refractivity contribution in [1.29, 1.82) is 0 Å². The van der Waals surface area contributed by atoms with Gasteiger partial charge in [0.2, 0.25) is 0 Å². The van der Waals surface area contributed by atoms with Crippen molar-refractivity contribution in [1.82, 2.24) is 9.97 Å². The summed E-state index contributed by atoms with van der Waals surface area (Å²) >= 11 is 6.21. The van der Waals surface area contributed by atoms with Crippen molar-refractivity contribution in [2.24, 2.45) is 5.73 Å². The van der Waals surface area contributed by atoms with Crippen LogP contribution in [0.2, 0.25) is 5.02 Å². The molecule has 3 aromatic rings. The van der Waals surface area contributed by atoms with Gasteiger partial charge in [0.15, 0.2) is 0 Å². The van der Waals surface area contributed by atoms with Gasteiger partial charge in [-0.25, -0.2) is 9.97 Å². The van der Waals surface area contributed by atoms with Gasteiger partial charge >= 0.3 is 0 Å². The van der Waals surface area contributed by atoms with Gasteiger partial charge in [0.1, 0.15) is 5.52 Å². The van der Waals surface area contributed by atoms with Gasteiger partial charge in [-0.2, -0.15) is 0 Å². The second-order valence-electron chi connectivity index (χ2n) is 4.72. The van der Waals surface area contributed by atoms with E-state index in [9.17, 15) is 0 Å². The minimum absolute atomic E-state index is 0.193. The Morgan fingerprint density at radius 1 is 1.00 bits per heavy atom. The average molecular weight is 284 g/mol. The Hall–Kier alpha value is -1.97. The molecular formula is C16H14ClN3. The first-order valence-electron chi connectivity index (χ1n) is 6.44. The number of nitrogens with two attached hydrogens (primary N) is 1. The minimum atomic E-state index is -0.193. The Morgan fingerprint density at radius 2 is 1.75 bits per heavy atom. The zero-order chi connectivity index (χ0) is 14.1. The SMILES string of the molecule is CC(N)c1nc2cccc(Cl)c2nc1-c1ccccc1. The highest BCUT2D eigenvalue weighted by molar-refractivity contribution is 6.34. The summed E-state index contributed by atoms with van der Waals surface area (Å²) in [4.78, 5) is 9.33. The molecule has 20 heavy (non-hydrogen) atoms. The Bertz CT molecular complexity index is 754. The largest absolute Gasteiger partial charge is 0.323 e. The quantitative estimate of drug-likeness (QED) is 0.774. The van der Waals surface area contributed by atoms with Gasteiger partial charge < -0.3 is 5.73 Å². The third kappa shape index (κ3) is 2.26. The molecule has 2 N–H and O–H groups in total. The zero-order valence-electron chi connectivity index (χ0n) is 11.0. The first-order valence-corrected chi connectivity index (χ1v) is 6.82. The Balaban J connectivity index is 2.34. The molecule has 0 saturated heterocycles. The van der Waals surface area contributed by atoms with Crippen LogP contribution in [0, 0.1) is 0 Å². The van der Waals surface area contributed by atoms with E-state index < -0.39 is 0 Å². The van der Waals surface area contributed by atoms with Crippen molar-refractivity contribution >= 4 is 22.6 Å². The number of para-hydroxylation sites is 1. The summed E-state index contributed by atoms with van der Waals surface area (Å²) in [6, 6.07) is 15.3. The lowest BCUT2D eigenvalue weighted by Gasteiger charge is -2.13. The van der Waals surface area contributed by atoms with Crippen molar-refractivity contribution in [2.75, 3.05) is 0 Å². The molecule has 0 fully saturated rings. The van der Waals surface area contributed by atoms with Gasteiger partial charge in [-0.1, -0.05) is 48.0 Å². The monoisotopic (exact) mass is 283 g/mol. The van der Waals surface area contributed by atoms with Gasteiger partial charge in [0.05, 0.1) is 21.9 Å². The van der Waals surface area contributed by atoms with E-state index in [1.54, 1.807) is 0 Å². The van der Waals surface area contributed by atoms with E-state index in [1.165, 1.54) is 0 Å². The van der Waals surface area contributed by atoms with Crippen LogP contribution in [0.3, 0.4) is 0 Å². The van der Waals surface area contributed by atoms with Crippen LogP contribution < -0.4 is 5.73 Å². The fourth-order valence-electron chi connectivity index (χ4n) is 2.18. The van der Waals surface area contributed by atoms with Crippen molar-refractivity contribution in [2.45, 2.75) is 13.0 Å². The van der Waals surface area contributed by atoms with E-state index in [-0.39, 0.29) is 6.04 Å². The molecule has 1 unspecified atom stereocenters. The number of nitrogens with zero attached hydrogens (tertiary/aromatic N) is 2. The number of hydrogen-bond donors (Lipinski definition) is 1. The molecule has 2 aromatic carbocycles. The molecule has 3 rings (SSSR count). The van der Waals surface area contributed by atoms with Gasteiger partial charge in [0, 0.05) is 11.6 Å². The molecule has 100 valence electrons. The van der Waals surface area contributed by atoms with Crippen molar-refractivity contribution in [3.63, 3.8) is 0 Å². The van der Waals surface area contributed by atoms with E-state index >= 15 is 0 Å². The third-order valence-electron chi connectivity index (χ3n) is 3.15. The molecule has 0 saturated carbocycles. The van der Waals surface area contributed by atoms with Crippen LogP contribution in [-0.4, -0.2) is 9.97 Å². The fourth-order valence-corrected chi connectivity index (χ4v) is 2.39. The summed E-state index contributed by atoms with van der Waals surface area (Å²) in [7, 11) is 0. The standard InChI is InChI=1S/C16H14ClN3/c1-10(18)14-15(11-6-3-2-4-7-11)20-16-12(17)8-5-9-13(16)19-14/h2-10H,18H2,1H3. The lowest BCUT2D eigenvalue weighted by molar-refractivity contribution is 0.784. The van der Waals surface area contributed by atoms with Crippen LogP contribution in [0.15, 0.2) is 48.5 Å². The average Bonchev–Trinajstić information content (AvgIpc) is 2.47. The van der Waals surface area contributed by atoms with Crippen molar-refractivity contribution in [3.05, 3.63) is 59.2 Å². The molecule has 0 amide bonds. The molecule has 0 aliphatic carbocycles. The second kappa shape index (κ2) is 5.19. The zero-order valence-corrected chi connectivity index (χ0v) is 11.8. The molecule has 0 radical (unpaired) electrons. The van der Waals surface area contributed by atoms with E-state index in [2.05, 4.69) is 4.98 Å². The molecule has 3 nitrogen and oxygen atoms in total. The number of halogens is 1. The first kappa shape index (κ1) is 13.0. The van der Waals surface area contributed by atoms with Gasteiger partial charge in [0.25, 0.3) is 0 Å². The number of rotatable bonds is 2. The molecule has 0 spiro atoms. The Kier molecular flexibility index (Phi) is 3.38. The lowest BCUT2D eigenvalue weighted by atomic mass is 10.1. The normalized spacial score (nSPS) is 12.6. The van der Waals surface area contributed by atoms with Gasteiger partial charge in [-0.15, -0.1) is 0 Å². The summed E-state index contributed by atoms with van der Waals surface area (Å²) in [5.74, 6) is 0. The third-order valence-corrected chi connectivity index (χ3v) is 3.46. The van der Waals surface area contributed by atoms with E-state index in [4.69, 9.17) is 22.3 Å². The van der Waals surface area contributed by atoms with Crippen LogP contribution in [-0.2, 0) is 0 Å². The molecule has 0 aliphatic heterocycles. The van der Waals surface area contributed by atoms with Crippen LogP contribution in [0.5, 0.6) is 0 Å². The van der Waals surface area contributed by atoms with Crippen molar-refractivity contribution < 1.29 is 0 Å². The maximum atomic E-state index is 6.21. The summed E-state index contributed by atoms with van der Waals surface area (Å²) in [5.41, 5.74) is 10.1. The molecule has 1 aromatic heterocycles. The molecule has 1 atom stereocenters. The van der Waals surface area contributed by atoms with E-state index in [0.717, 1.165) is 22.5 Å². The van der Waals surface area contributed by atoms with Crippen molar-refractivity contribution in [3.8, 4) is 11.3 Å². The number of benzene rings is 2. The summed E-state index contributed by atoms with van der Waals surface area (Å²) < 4.78 is 0. The van der Waals surface area contributed by atoms with Crippen LogP contribution in [0.1, 0.15) is 18.7 Å². The van der Waals surface area contributed by atoms with Gasteiger partial charge in [-0.3, -0.25) is 0 Å². The predicted octanol–water partition coefficient (Wildman–Crippen LogP) is 3.97. The maximum Gasteiger partial charge on any atom is 0.108 e. The van der Waals surface area contributed by atoms with Gasteiger partial charge in [-0.05, 0) is 19.1 Å². The molecule has 4 heteroatoms. The smallest absolute Gasteiger partial charge is 0.108 e. The minimum Gasteiger partial charge on any atom is -0.323 e. The van der Waals surface area contributed by atoms with Crippen LogP contribution in [0.4, 0.5) is 0 Å². The highest BCUT2D eigenvalue weighted by Gasteiger charge is 2.15. The topological polar surface area (TPSA) is 51.8 Å². The highest BCUT2D eigenvalue weighted by atomic mass is 35.5.